The zero-order valence-electron chi connectivity index (χ0n) is 14.6. The molecule has 1 aromatic carbocycles. The maximum absolute atomic E-state index is 11.9. The van der Waals surface area contributed by atoms with Gasteiger partial charge in [0.05, 0.1) is 0 Å². The fourth-order valence-corrected chi connectivity index (χ4v) is 4.33. The minimum Gasteiger partial charge on any atom is -0.428 e. The third-order valence-corrected chi connectivity index (χ3v) is 5.64. The lowest BCUT2D eigenvalue weighted by Crippen LogP contribution is -2.54. The molecule has 3 saturated heterocycles. The molecular formula is C19H27N3O3. The van der Waals surface area contributed by atoms with Crippen molar-refractivity contribution in [2.75, 3.05) is 26.2 Å². The van der Waals surface area contributed by atoms with Crippen LogP contribution in [0.3, 0.4) is 0 Å². The first-order chi connectivity index (χ1) is 12.3. The van der Waals surface area contributed by atoms with E-state index in [1.54, 1.807) is 5.06 Å². The molecule has 3 aliphatic heterocycles. The van der Waals surface area contributed by atoms with Crippen LogP contribution in [0.15, 0.2) is 30.3 Å². The van der Waals surface area contributed by atoms with Crippen LogP contribution in [0.2, 0.25) is 0 Å². The Balaban J connectivity index is 1.18. The molecule has 0 amide bonds. The maximum Gasteiger partial charge on any atom is 0.528 e. The van der Waals surface area contributed by atoms with E-state index in [0.717, 1.165) is 31.7 Å². The Morgan fingerprint density at radius 1 is 1.04 bits per heavy atom. The van der Waals surface area contributed by atoms with Crippen molar-refractivity contribution in [2.24, 2.45) is 0 Å². The highest BCUT2D eigenvalue weighted by Gasteiger charge is 2.37. The van der Waals surface area contributed by atoms with E-state index in [0.29, 0.717) is 18.1 Å². The van der Waals surface area contributed by atoms with Crippen LogP contribution in [0.25, 0.3) is 0 Å². The van der Waals surface area contributed by atoms with Crippen molar-refractivity contribution in [1.29, 1.82) is 0 Å². The van der Waals surface area contributed by atoms with Crippen LogP contribution in [0.5, 0.6) is 0 Å². The van der Waals surface area contributed by atoms with Crippen molar-refractivity contribution in [3.8, 4) is 0 Å². The summed E-state index contributed by atoms with van der Waals surface area (Å²) in [5.41, 5.74) is 0.963. The van der Waals surface area contributed by atoms with E-state index in [2.05, 4.69) is 10.2 Å². The van der Waals surface area contributed by atoms with Gasteiger partial charge in [0.15, 0.2) is 0 Å². The van der Waals surface area contributed by atoms with Crippen molar-refractivity contribution < 1.29 is 14.4 Å². The van der Waals surface area contributed by atoms with Gasteiger partial charge in [0.1, 0.15) is 6.61 Å². The first-order valence-corrected chi connectivity index (χ1v) is 9.40. The fourth-order valence-electron chi connectivity index (χ4n) is 4.33. The van der Waals surface area contributed by atoms with Gasteiger partial charge in [0.2, 0.25) is 0 Å². The second-order valence-corrected chi connectivity index (χ2v) is 7.34. The molecule has 0 saturated carbocycles. The summed E-state index contributed by atoms with van der Waals surface area (Å²) >= 11 is 0. The number of piperidine rings is 1. The van der Waals surface area contributed by atoms with Gasteiger partial charge in [-0.2, -0.15) is 0 Å². The molecule has 2 unspecified atom stereocenters. The number of nitrogens with zero attached hydrogens (tertiary/aromatic N) is 2. The van der Waals surface area contributed by atoms with Gasteiger partial charge in [-0.1, -0.05) is 30.3 Å². The number of ether oxygens (including phenoxy) is 1. The van der Waals surface area contributed by atoms with Gasteiger partial charge < -0.3 is 14.9 Å². The molecule has 3 heterocycles. The summed E-state index contributed by atoms with van der Waals surface area (Å²) in [5.74, 6) is 0. The SMILES string of the molecule is O=C(OCc1ccccc1)ON1CCN(C2CC3CCC(C2)N3)CC1. The highest BCUT2D eigenvalue weighted by atomic mass is 16.8. The molecule has 2 atom stereocenters. The monoisotopic (exact) mass is 345 g/mol. The van der Waals surface area contributed by atoms with Crippen LogP contribution in [0.1, 0.15) is 31.2 Å². The van der Waals surface area contributed by atoms with Crippen molar-refractivity contribution >= 4 is 6.16 Å². The third kappa shape index (κ3) is 4.32. The van der Waals surface area contributed by atoms with Crippen LogP contribution in [0.4, 0.5) is 4.79 Å². The zero-order chi connectivity index (χ0) is 17.1. The molecule has 6 nitrogen and oxygen atoms in total. The average molecular weight is 345 g/mol. The number of benzene rings is 1. The molecule has 25 heavy (non-hydrogen) atoms. The lowest BCUT2D eigenvalue weighted by atomic mass is 9.97. The molecule has 0 aromatic heterocycles. The molecule has 0 spiro atoms. The lowest BCUT2D eigenvalue weighted by Gasteiger charge is -2.41. The van der Waals surface area contributed by atoms with Gasteiger partial charge in [0, 0.05) is 44.3 Å². The van der Waals surface area contributed by atoms with Crippen LogP contribution in [0, 0.1) is 0 Å². The van der Waals surface area contributed by atoms with Gasteiger partial charge in [0.25, 0.3) is 0 Å². The molecule has 136 valence electrons. The summed E-state index contributed by atoms with van der Waals surface area (Å²) in [5, 5.41) is 5.43. The van der Waals surface area contributed by atoms with Gasteiger partial charge in [-0.05, 0) is 31.2 Å². The minimum atomic E-state index is -0.614. The minimum absolute atomic E-state index is 0.248. The molecule has 2 bridgehead atoms. The molecule has 4 rings (SSSR count). The van der Waals surface area contributed by atoms with E-state index in [9.17, 15) is 4.79 Å². The van der Waals surface area contributed by atoms with Crippen LogP contribution >= 0.6 is 0 Å². The normalized spacial score (nSPS) is 30.2. The largest absolute Gasteiger partial charge is 0.528 e. The molecule has 0 radical (unpaired) electrons. The van der Waals surface area contributed by atoms with E-state index in [1.165, 1.54) is 25.7 Å². The first kappa shape index (κ1) is 16.8. The second-order valence-electron chi connectivity index (χ2n) is 7.34. The molecule has 3 fully saturated rings. The van der Waals surface area contributed by atoms with Crippen LogP contribution in [-0.2, 0) is 16.2 Å². The topological polar surface area (TPSA) is 54.0 Å². The van der Waals surface area contributed by atoms with Gasteiger partial charge in [-0.3, -0.25) is 4.90 Å². The zero-order valence-corrected chi connectivity index (χ0v) is 14.6. The van der Waals surface area contributed by atoms with Gasteiger partial charge in [-0.15, -0.1) is 5.06 Å². The molecule has 0 aliphatic carbocycles. The fraction of sp³-hybridized carbons (Fsp3) is 0.632. The molecule has 3 aliphatic rings. The first-order valence-electron chi connectivity index (χ1n) is 9.40. The Bertz CT molecular complexity index is 563. The number of piperazine rings is 1. The third-order valence-electron chi connectivity index (χ3n) is 5.64. The number of hydroxylamine groups is 2. The predicted octanol–water partition coefficient (Wildman–Crippen LogP) is 2.16. The number of fused-ring (bicyclic) bond motifs is 2. The number of carbonyl (C=O) groups excluding carboxylic acids is 1. The van der Waals surface area contributed by atoms with Crippen molar-refractivity contribution in [3.05, 3.63) is 35.9 Å². The van der Waals surface area contributed by atoms with E-state index in [-0.39, 0.29) is 6.61 Å². The Morgan fingerprint density at radius 2 is 1.72 bits per heavy atom. The summed E-state index contributed by atoms with van der Waals surface area (Å²) in [6.07, 6.45) is 4.57. The summed E-state index contributed by atoms with van der Waals surface area (Å²) in [4.78, 5) is 19.8. The van der Waals surface area contributed by atoms with Crippen LogP contribution < -0.4 is 5.32 Å². The molecule has 1 aromatic rings. The van der Waals surface area contributed by atoms with Crippen molar-refractivity contribution in [3.63, 3.8) is 0 Å². The lowest BCUT2D eigenvalue weighted by molar-refractivity contribution is -0.151. The number of carbonyl (C=O) groups is 1. The van der Waals surface area contributed by atoms with Crippen LogP contribution in [-0.4, -0.2) is 60.4 Å². The molecule has 1 N–H and O–H groups in total. The Hall–Kier alpha value is -1.63. The van der Waals surface area contributed by atoms with Crippen molar-refractivity contribution in [2.45, 2.75) is 50.4 Å². The number of rotatable bonds is 4. The summed E-state index contributed by atoms with van der Waals surface area (Å²) < 4.78 is 5.19. The summed E-state index contributed by atoms with van der Waals surface area (Å²) in [6.45, 7) is 3.66. The Morgan fingerprint density at radius 3 is 2.40 bits per heavy atom. The van der Waals surface area contributed by atoms with E-state index in [1.807, 2.05) is 30.3 Å². The number of hydrogen-bond donors (Lipinski definition) is 1. The molecular weight excluding hydrogens is 318 g/mol. The van der Waals surface area contributed by atoms with Crippen molar-refractivity contribution in [1.82, 2.24) is 15.3 Å². The second kappa shape index (κ2) is 7.72. The predicted molar refractivity (Wildman–Crippen MR) is 93.8 cm³/mol. The average Bonchev–Trinajstić information content (AvgIpc) is 2.99. The number of hydrogen-bond acceptors (Lipinski definition) is 6. The number of nitrogens with one attached hydrogen (secondary N) is 1. The van der Waals surface area contributed by atoms with Gasteiger partial charge >= 0.3 is 6.16 Å². The van der Waals surface area contributed by atoms with E-state index < -0.39 is 6.16 Å². The quantitative estimate of drug-likeness (QED) is 0.844. The summed E-state index contributed by atoms with van der Waals surface area (Å²) in [7, 11) is 0. The highest BCUT2D eigenvalue weighted by Crippen LogP contribution is 2.30. The summed E-state index contributed by atoms with van der Waals surface area (Å²) in [6, 6.07) is 11.8. The smallest absolute Gasteiger partial charge is 0.428 e. The Labute approximate surface area is 149 Å². The van der Waals surface area contributed by atoms with E-state index >= 15 is 0 Å². The standard InChI is InChI=1S/C19H27N3O3/c23-19(24-14-15-4-2-1-3-5-15)25-22-10-8-21(9-11-22)18-12-16-6-7-17(13-18)20-16/h1-5,16-18,20H,6-14H2. The Kier molecular flexibility index (Phi) is 5.20. The molecule has 6 heteroatoms. The highest BCUT2D eigenvalue weighted by molar-refractivity contribution is 5.59. The van der Waals surface area contributed by atoms with Gasteiger partial charge in [-0.25, -0.2) is 4.79 Å². The maximum atomic E-state index is 11.9. The van der Waals surface area contributed by atoms with E-state index in [4.69, 9.17) is 9.57 Å².